The summed E-state index contributed by atoms with van der Waals surface area (Å²) in [6, 6.07) is 24.9. The Morgan fingerprint density at radius 1 is 0.814 bits per heavy atom. The summed E-state index contributed by atoms with van der Waals surface area (Å²) in [4.78, 5) is 27.3. The molecule has 0 aliphatic carbocycles. The van der Waals surface area contributed by atoms with E-state index in [0.29, 0.717) is 24.4 Å². The summed E-state index contributed by atoms with van der Waals surface area (Å²) in [5, 5.41) is 0. The normalized spacial score (nSPS) is 27.1. The number of alkyl halides is 1. The molecular weight excluding hydrogens is 1030 g/mol. The number of quaternary nitrogens is 1. The molecule has 1 spiro atoms. The van der Waals surface area contributed by atoms with Crippen LogP contribution in [0, 0.1) is 33.3 Å². The van der Waals surface area contributed by atoms with Crippen LogP contribution < -0.4 is 56.1 Å². The molecule has 9 nitrogen and oxygen atoms in total. The topological polar surface area (TPSA) is 113 Å². The number of ether oxygens (including phenoxy) is 2. The van der Waals surface area contributed by atoms with E-state index in [2.05, 4.69) is 98.6 Å². The Kier molecular flexibility index (Phi) is 20.9. The van der Waals surface area contributed by atoms with Crippen LogP contribution in [-0.2, 0) is 29.2 Å². The maximum atomic E-state index is 12.6. The van der Waals surface area contributed by atoms with E-state index in [9.17, 15) is 27.0 Å². The second-order valence-corrected chi connectivity index (χ2v) is 19.8. The fraction of sp³-hybridized carbons (Fsp3) is 0.523. The van der Waals surface area contributed by atoms with E-state index in [1.807, 2.05) is 6.92 Å². The molecule has 3 aromatic rings. The Bertz CT molecular complexity index is 1920. The van der Waals surface area contributed by atoms with Crippen molar-refractivity contribution in [1.82, 2.24) is 4.90 Å². The van der Waals surface area contributed by atoms with Crippen molar-refractivity contribution in [3.8, 4) is 0 Å². The molecule has 0 radical (unpaired) electrons. The fourth-order valence-electron chi connectivity index (χ4n) is 10.5. The van der Waals surface area contributed by atoms with Gasteiger partial charge in [0, 0.05) is 63.3 Å². The first kappa shape index (κ1) is 52.7. The molecule has 4 bridgehead atoms. The number of hydrogen-bond acceptors (Lipinski definition) is 8. The van der Waals surface area contributed by atoms with E-state index < -0.39 is 10.1 Å². The number of carbonyl (C=O) groups is 2. The van der Waals surface area contributed by atoms with Gasteiger partial charge in [0.2, 0.25) is 0 Å². The number of benzene rings is 3. The first-order valence-electron chi connectivity index (χ1n) is 19.7. The number of carbonyl (C=O) groups excluding carboxylic acids is 2. The molecule has 59 heavy (non-hydrogen) atoms. The molecule has 3 aromatic carbocycles. The average Bonchev–Trinajstić information content (AvgIpc) is 3.60. The van der Waals surface area contributed by atoms with Gasteiger partial charge in [-0.25, -0.2) is 8.42 Å². The summed E-state index contributed by atoms with van der Waals surface area (Å²) in [5.41, 5.74) is 3.48. The van der Waals surface area contributed by atoms with Gasteiger partial charge in [-0.05, 0) is 125 Å². The molecule has 8 atom stereocenters. The van der Waals surface area contributed by atoms with Gasteiger partial charge in [-0.1, -0.05) is 42.0 Å². The third kappa shape index (κ3) is 11.9. The van der Waals surface area contributed by atoms with Crippen molar-refractivity contribution in [1.29, 1.82) is 0 Å². The molecule has 0 saturated carbocycles. The number of piperidine rings is 2. The quantitative estimate of drug-likeness (QED) is 0.0846. The van der Waals surface area contributed by atoms with Crippen LogP contribution in [0.2, 0.25) is 0 Å². The van der Waals surface area contributed by atoms with Crippen molar-refractivity contribution in [2.75, 3.05) is 40.5 Å². The first-order chi connectivity index (χ1) is 26.8. The molecule has 15 heteroatoms. The molecular formula is C44H56F2I2KN2O7S-. The van der Waals surface area contributed by atoms with Crippen LogP contribution in [0.25, 0.3) is 0 Å². The molecule has 8 unspecified atom stereocenters. The van der Waals surface area contributed by atoms with Crippen LogP contribution in [-0.4, -0.2) is 99.0 Å². The zero-order valence-electron chi connectivity index (χ0n) is 34.7. The number of esters is 2. The molecule has 0 aromatic heterocycles. The third-order valence-electron chi connectivity index (χ3n) is 13.2. The van der Waals surface area contributed by atoms with Crippen LogP contribution in [0.3, 0.4) is 0 Å². The van der Waals surface area contributed by atoms with Gasteiger partial charge in [0.15, 0.2) is 0 Å². The Morgan fingerprint density at radius 3 is 1.81 bits per heavy atom. The van der Waals surface area contributed by atoms with Gasteiger partial charge in [-0.15, -0.1) is 0 Å². The second kappa shape index (κ2) is 23.4. The van der Waals surface area contributed by atoms with Crippen molar-refractivity contribution < 1.29 is 97.0 Å². The molecule has 320 valence electrons. The number of methoxy groups -OCH3 is 2. The van der Waals surface area contributed by atoms with E-state index in [1.165, 1.54) is 74.3 Å². The van der Waals surface area contributed by atoms with Crippen molar-refractivity contribution in [2.45, 2.75) is 99.2 Å². The molecule has 5 heterocycles. The second-order valence-electron chi connectivity index (χ2n) is 15.9. The molecule has 8 rings (SSSR count). The Hall–Kier alpha value is -0.614. The van der Waals surface area contributed by atoms with E-state index >= 15 is 0 Å². The number of nitrogens with zero attached hydrogens (tertiary/aromatic N) is 2. The number of rotatable bonds is 8. The average molecular weight is 1090 g/mol. The molecule has 0 N–H and O–H groups in total. The molecule has 0 amide bonds. The fourth-order valence-corrected chi connectivity index (χ4v) is 11.7. The minimum Gasteiger partial charge on any atom is -1.00 e. The molecule has 5 saturated heterocycles. The Labute approximate surface area is 419 Å². The van der Waals surface area contributed by atoms with E-state index in [1.54, 1.807) is 19.2 Å². The monoisotopic (exact) mass is 1090 g/mol. The van der Waals surface area contributed by atoms with Crippen LogP contribution in [0.15, 0.2) is 77.7 Å². The van der Waals surface area contributed by atoms with Crippen LogP contribution in [0.1, 0.15) is 79.9 Å². The first-order valence-corrected chi connectivity index (χ1v) is 23.2. The predicted molar refractivity (Wildman–Crippen MR) is 235 cm³/mol. The Morgan fingerprint density at radius 2 is 1.34 bits per heavy atom. The van der Waals surface area contributed by atoms with Gasteiger partial charge < -0.3 is 30.6 Å². The molecule has 5 fully saturated rings. The van der Waals surface area contributed by atoms with Gasteiger partial charge in [-0.2, -0.15) is 0 Å². The van der Waals surface area contributed by atoms with Crippen LogP contribution in [0.5, 0.6) is 0 Å². The van der Waals surface area contributed by atoms with E-state index in [0.717, 1.165) is 43.8 Å². The standard InChI is InChI=1S/C18H23FINO2.C18H23INO2.C7H8O3S.CH3.FH.K/c1-23-18(22)17-15(12-3-5-13(20)6-4-12)11-14-7-8-16(17)21(14)10-2-9-19;1-22-18(21)17-15(12-3-5-13(19)6-4-12)11-14-7-8-16(17)20(14)9-2-10-20;1-6-2-4-7(5-3-6)11(8,9)10;;;/h3-6,14-17H,2,7-11H2,1H3;3-6,14-17H,2,7-11H2,1H3;2-5H,1H3,(H,8,9,10);1H3;1H;/q;+1;;-1;;+1/p-2/i19-1;;;;1-1;. The molecule has 5 aliphatic heterocycles. The van der Waals surface area contributed by atoms with Gasteiger partial charge in [0.25, 0.3) is 0 Å². The van der Waals surface area contributed by atoms with Crippen molar-refractivity contribution in [3.63, 3.8) is 0 Å². The maximum Gasteiger partial charge on any atom is 1.00 e. The third-order valence-corrected chi connectivity index (χ3v) is 15.5. The summed E-state index contributed by atoms with van der Waals surface area (Å²) >= 11 is 4.64. The summed E-state index contributed by atoms with van der Waals surface area (Å²) in [6.07, 6.45) is 8.59. The van der Waals surface area contributed by atoms with Gasteiger partial charge >= 0.3 is 63.3 Å². The van der Waals surface area contributed by atoms with E-state index in [-0.39, 0.29) is 111 Å². The molecule has 5 aliphatic rings. The summed E-state index contributed by atoms with van der Waals surface area (Å²) in [7, 11) is -1.25. The van der Waals surface area contributed by atoms with E-state index in [4.69, 9.17) is 9.47 Å². The van der Waals surface area contributed by atoms with Gasteiger partial charge in [-0.3, -0.25) is 18.9 Å². The number of aryl methyl sites for hydroxylation is 1. The van der Waals surface area contributed by atoms with Crippen molar-refractivity contribution in [2.24, 2.45) is 11.8 Å². The Balaban J connectivity index is 0.000000244. The van der Waals surface area contributed by atoms with Crippen LogP contribution >= 0.6 is 45.2 Å². The zero-order chi connectivity index (χ0) is 40.2. The minimum atomic E-state index is -4.27. The smallest absolute Gasteiger partial charge is 1.00 e. The number of hydrogen-bond donors (Lipinski definition) is 0. The summed E-state index contributed by atoms with van der Waals surface area (Å²) < 4.78 is 57.8. The van der Waals surface area contributed by atoms with Crippen molar-refractivity contribution in [3.05, 3.63) is 104 Å². The zero-order valence-corrected chi connectivity index (χ0v) is 43.0. The SMILES string of the molecule is COC(=O)C1C(c2ccc(I)cc2)CC2CCC1N2CCC[18F].COC(=O)C1C(c2ccc(I)cc2)CC2CCC1[N+]21CCC1.Cc1ccc(S(=O)(=O)[O-])cc1.[18F-].[CH3-].[K+]. The summed E-state index contributed by atoms with van der Waals surface area (Å²) in [6.45, 7) is 4.84. The van der Waals surface area contributed by atoms with Gasteiger partial charge in [0.05, 0.1) is 50.8 Å². The number of fused-ring (bicyclic) bond motifs is 2. The van der Waals surface area contributed by atoms with Crippen LogP contribution in [0.4, 0.5) is 4.39 Å². The minimum absolute atomic E-state index is 0. The maximum absolute atomic E-state index is 12.6. The van der Waals surface area contributed by atoms with Crippen molar-refractivity contribution >= 4 is 67.2 Å². The van der Waals surface area contributed by atoms with Gasteiger partial charge in [0.1, 0.15) is 22.1 Å². The summed E-state index contributed by atoms with van der Waals surface area (Å²) in [5.74, 6) is 0.342. The number of halogens is 4. The largest absolute Gasteiger partial charge is 1.00 e. The predicted octanol–water partition coefficient (Wildman–Crippen LogP) is 2.44.